The highest BCUT2D eigenvalue weighted by Crippen LogP contribution is 2.23. The van der Waals surface area contributed by atoms with Crippen LogP contribution in [-0.2, 0) is 5.60 Å². The number of aryl methyl sites for hydroxylation is 2. The highest BCUT2D eigenvalue weighted by molar-refractivity contribution is 14.0. The van der Waals surface area contributed by atoms with E-state index in [0.29, 0.717) is 18.3 Å². The second-order valence-corrected chi connectivity index (χ2v) is 7.65. The summed E-state index contributed by atoms with van der Waals surface area (Å²) in [6, 6.07) is 12.4. The van der Waals surface area contributed by atoms with Gasteiger partial charge in [0.25, 0.3) is 0 Å². The first kappa shape index (κ1) is 25.5. The maximum Gasteiger partial charge on any atom is 0.191 e. The number of furan rings is 1. The van der Waals surface area contributed by atoms with Crippen LogP contribution in [0.4, 0.5) is 0 Å². The summed E-state index contributed by atoms with van der Waals surface area (Å²) < 4.78 is 5.57. The average molecular weight is 514 g/mol. The summed E-state index contributed by atoms with van der Waals surface area (Å²) in [4.78, 5) is 6.76. The van der Waals surface area contributed by atoms with Gasteiger partial charge in [0.05, 0.1) is 12.6 Å². The van der Waals surface area contributed by atoms with Gasteiger partial charge in [0.15, 0.2) is 5.96 Å². The molecule has 7 heteroatoms. The lowest BCUT2D eigenvalue weighted by Gasteiger charge is -2.26. The van der Waals surface area contributed by atoms with Crippen LogP contribution in [0.15, 0.2) is 45.8 Å². The number of benzene rings is 1. The number of guanidine groups is 1. The molecule has 0 radical (unpaired) electrons. The molecule has 0 aliphatic rings. The largest absolute Gasteiger partial charge is 0.463 e. The molecule has 0 bridgehead atoms. The molecule has 0 aliphatic carbocycles. The predicted molar refractivity (Wildman–Crippen MR) is 130 cm³/mol. The third-order valence-corrected chi connectivity index (χ3v) is 4.71. The zero-order chi connectivity index (χ0) is 20.7. The molecule has 2 rings (SSSR count). The van der Waals surface area contributed by atoms with Gasteiger partial charge in [-0.05, 0) is 59.5 Å². The van der Waals surface area contributed by atoms with Gasteiger partial charge in [-0.1, -0.05) is 29.8 Å². The Bertz CT molecular complexity index is 769. The van der Waals surface area contributed by atoms with Crippen molar-refractivity contribution >= 4 is 29.9 Å². The van der Waals surface area contributed by atoms with E-state index in [1.54, 1.807) is 13.0 Å². The van der Waals surface area contributed by atoms with Crippen LogP contribution in [0.5, 0.6) is 0 Å². The Balaban J connectivity index is 0.00000420. The molecule has 2 unspecified atom stereocenters. The zero-order valence-electron chi connectivity index (χ0n) is 18.3. The van der Waals surface area contributed by atoms with E-state index in [1.807, 2.05) is 19.9 Å². The number of likely N-dealkylation sites (N-methyl/N-ethyl adjacent to an activating group) is 1. The molecule has 29 heavy (non-hydrogen) atoms. The van der Waals surface area contributed by atoms with Crippen molar-refractivity contribution in [3.63, 3.8) is 0 Å². The van der Waals surface area contributed by atoms with Crippen LogP contribution in [0.3, 0.4) is 0 Å². The molecule has 0 saturated carbocycles. The Morgan fingerprint density at radius 2 is 1.79 bits per heavy atom. The zero-order valence-corrected chi connectivity index (χ0v) is 20.7. The van der Waals surface area contributed by atoms with Crippen LogP contribution in [0.25, 0.3) is 0 Å². The lowest BCUT2D eigenvalue weighted by Crippen LogP contribution is -2.42. The molecule has 1 heterocycles. The van der Waals surface area contributed by atoms with E-state index in [4.69, 9.17) is 4.42 Å². The Morgan fingerprint density at radius 1 is 1.14 bits per heavy atom. The van der Waals surface area contributed by atoms with Gasteiger partial charge in [-0.25, -0.2) is 4.99 Å². The Kier molecular flexibility index (Phi) is 10.2. The lowest BCUT2D eigenvalue weighted by atomic mass is 10.0. The first-order valence-corrected chi connectivity index (χ1v) is 9.77. The smallest absolute Gasteiger partial charge is 0.191 e. The van der Waals surface area contributed by atoms with Crippen molar-refractivity contribution in [2.45, 2.75) is 39.3 Å². The Hall–Kier alpha value is -1.58. The van der Waals surface area contributed by atoms with E-state index < -0.39 is 5.60 Å². The summed E-state index contributed by atoms with van der Waals surface area (Å²) in [7, 11) is 4.14. The summed E-state index contributed by atoms with van der Waals surface area (Å²) in [6.07, 6.45) is 0. The summed E-state index contributed by atoms with van der Waals surface area (Å²) >= 11 is 0. The number of hydrogen-bond acceptors (Lipinski definition) is 4. The number of nitrogens with one attached hydrogen (secondary N) is 2. The molecular formula is C22H35IN4O2. The van der Waals surface area contributed by atoms with Crippen LogP contribution in [0.1, 0.15) is 42.5 Å². The van der Waals surface area contributed by atoms with Crippen LogP contribution in [-0.4, -0.2) is 49.7 Å². The fraction of sp³-hybridized carbons (Fsp3) is 0.500. The SMILES string of the molecule is CCNC(=NCC(C)(O)c1ccc(C)o1)NCC(c1ccc(C)cc1)N(C)C.I. The monoisotopic (exact) mass is 514 g/mol. The highest BCUT2D eigenvalue weighted by atomic mass is 127. The minimum Gasteiger partial charge on any atom is -0.463 e. The first-order valence-electron chi connectivity index (χ1n) is 9.77. The summed E-state index contributed by atoms with van der Waals surface area (Å²) in [5.41, 5.74) is 1.34. The number of hydrogen-bond donors (Lipinski definition) is 3. The van der Waals surface area contributed by atoms with Crippen LogP contribution >= 0.6 is 24.0 Å². The van der Waals surface area contributed by atoms with Gasteiger partial charge >= 0.3 is 0 Å². The van der Waals surface area contributed by atoms with Crippen LogP contribution < -0.4 is 10.6 Å². The van der Waals surface area contributed by atoms with Crippen molar-refractivity contribution in [2.24, 2.45) is 4.99 Å². The van der Waals surface area contributed by atoms with E-state index >= 15 is 0 Å². The van der Waals surface area contributed by atoms with Crippen LogP contribution in [0.2, 0.25) is 0 Å². The van der Waals surface area contributed by atoms with E-state index in [2.05, 4.69) is 65.8 Å². The van der Waals surface area contributed by atoms with Gasteiger partial charge in [-0.2, -0.15) is 0 Å². The lowest BCUT2D eigenvalue weighted by molar-refractivity contribution is 0.0428. The third kappa shape index (κ3) is 7.64. The summed E-state index contributed by atoms with van der Waals surface area (Å²) in [5, 5.41) is 17.4. The molecule has 162 valence electrons. The number of aliphatic hydroxyl groups is 1. The van der Waals surface area contributed by atoms with Crippen molar-refractivity contribution in [3.8, 4) is 0 Å². The summed E-state index contributed by atoms with van der Waals surface area (Å²) in [5.74, 6) is 1.97. The normalized spacial score (nSPS) is 14.8. The standard InChI is InChI=1S/C22H34N4O2.HI/c1-7-23-21(25-15-22(4,27)20-13-10-17(3)28-20)24-14-19(26(5)6)18-11-8-16(2)9-12-18;/h8-13,19,27H,7,14-15H2,1-6H3,(H2,23,24,25);1H. The van der Waals surface area contributed by atoms with Gasteiger partial charge in [0.2, 0.25) is 0 Å². The van der Waals surface area contributed by atoms with Crippen molar-refractivity contribution in [1.82, 2.24) is 15.5 Å². The maximum atomic E-state index is 10.7. The van der Waals surface area contributed by atoms with Crippen molar-refractivity contribution < 1.29 is 9.52 Å². The molecule has 0 saturated heterocycles. The molecule has 0 aliphatic heterocycles. The van der Waals surface area contributed by atoms with Crippen LogP contribution in [0, 0.1) is 13.8 Å². The number of aliphatic imine (C=N–C) groups is 1. The average Bonchev–Trinajstić information content (AvgIpc) is 3.08. The molecule has 1 aromatic heterocycles. The van der Waals surface area contributed by atoms with Crippen molar-refractivity contribution in [3.05, 3.63) is 59.0 Å². The molecule has 2 aromatic rings. The maximum absolute atomic E-state index is 10.7. The second kappa shape index (κ2) is 11.6. The third-order valence-electron chi connectivity index (χ3n) is 4.71. The van der Waals surface area contributed by atoms with E-state index in [0.717, 1.165) is 12.3 Å². The van der Waals surface area contributed by atoms with Gasteiger partial charge < -0.3 is 25.1 Å². The van der Waals surface area contributed by atoms with Crippen molar-refractivity contribution in [1.29, 1.82) is 0 Å². The molecule has 2 atom stereocenters. The molecule has 0 amide bonds. The number of rotatable bonds is 8. The second-order valence-electron chi connectivity index (χ2n) is 7.65. The van der Waals surface area contributed by atoms with Gasteiger partial charge in [0, 0.05) is 13.1 Å². The molecule has 0 fully saturated rings. The van der Waals surface area contributed by atoms with E-state index in [9.17, 15) is 5.11 Å². The minimum atomic E-state index is -1.16. The van der Waals surface area contributed by atoms with Gasteiger partial charge in [-0.15, -0.1) is 24.0 Å². The quantitative estimate of drug-likeness (QED) is 0.286. The molecular weight excluding hydrogens is 479 g/mol. The number of nitrogens with zero attached hydrogens (tertiary/aromatic N) is 2. The molecule has 0 spiro atoms. The molecule has 6 nitrogen and oxygen atoms in total. The van der Waals surface area contributed by atoms with Crippen molar-refractivity contribution in [2.75, 3.05) is 33.7 Å². The molecule has 3 N–H and O–H groups in total. The fourth-order valence-corrected chi connectivity index (χ4v) is 2.96. The Morgan fingerprint density at radius 3 is 2.31 bits per heavy atom. The first-order chi connectivity index (χ1) is 13.2. The van der Waals surface area contributed by atoms with E-state index in [1.165, 1.54) is 11.1 Å². The molecule has 1 aromatic carbocycles. The predicted octanol–water partition coefficient (Wildman–Crippen LogP) is 3.58. The van der Waals surface area contributed by atoms with Gasteiger partial charge in [0.1, 0.15) is 17.1 Å². The minimum absolute atomic E-state index is 0. The highest BCUT2D eigenvalue weighted by Gasteiger charge is 2.26. The summed E-state index contributed by atoms with van der Waals surface area (Å²) in [6.45, 7) is 9.33. The topological polar surface area (TPSA) is 73.0 Å². The van der Waals surface area contributed by atoms with E-state index in [-0.39, 0.29) is 36.6 Å². The number of halogens is 1. The van der Waals surface area contributed by atoms with Gasteiger partial charge in [-0.3, -0.25) is 0 Å². The fourth-order valence-electron chi connectivity index (χ4n) is 2.96. The Labute approximate surface area is 191 Å².